The lowest BCUT2D eigenvalue weighted by Crippen LogP contribution is -2.30. The van der Waals surface area contributed by atoms with Crippen molar-refractivity contribution in [1.29, 1.82) is 0 Å². The second-order valence-electron chi connectivity index (χ2n) is 7.23. The molecule has 0 aromatic heterocycles. The predicted molar refractivity (Wildman–Crippen MR) is 119 cm³/mol. The molecule has 0 aliphatic heterocycles. The van der Waals surface area contributed by atoms with Crippen LogP contribution in [0.15, 0.2) is 91.0 Å². The van der Waals surface area contributed by atoms with Crippen LogP contribution in [0.25, 0.3) is 0 Å². The molecule has 3 aromatic carbocycles. The molecule has 0 N–H and O–H groups in total. The first-order valence-corrected chi connectivity index (χ1v) is 10.3. The quantitative estimate of drug-likeness (QED) is 0.405. The van der Waals surface area contributed by atoms with E-state index in [-0.39, 0.29) is 18.8 Å². The molecule has 156 valence electrons. The van der Waals surface area contributed by atoms with Crippen LogP contribution in [-0.2, 0) is 27.4 Å². The first-order valence-electron chi connectivity index (χ1n) is 10.3. The van der Waals surface area contributed by atoms with Crippen molar-refractivity contribution in [1.82, 2.24) is 4.90 Å². The van der Waals surface area contributed by atoms with E-state index in [9.17, 15) is 4.79 Å². The van der Waals surface area contributed by atoms with Gasteiger partial charge in [-0.05, 0) is 23.1 Å². The molecule has 4 heteroatoms. The number of carbonyl (C=O) groups excluding carboxylic acids is 1. The minimum Gasteiger partial charge on any atom is -0.359 e. The molecule has 0 heterocycles. The Morgan fingerprint density at radius 1 is 0.800 bits per heavy atom. The van der Waals surface area contributed by atoms with Crippen LogP contribution in [0.2, 0.25) is 0 Å². The number of amides is 1. The molecule has 4 nitrogen and oxygen atoms in total. The van der Waals surface area contributed by atoms with Gasteiger partial charge in [-0.15, -0.1) is 0 Å². The van der Waals surface area contributed by atoms with Crippen LogP contribution in [0.4, 0.5) is 0 Å². The van der Waals surface area contributed by atoms with Gasteiger partial charge in [-0.3, -0.25) is 4.79 Å². The summed E-state index contributed by atoms with van der Waals surface area (Å²) < 4.78 is 10.9. The number of carbonyl (C=O) groups is 1. The Morgan fingerprint density at radius 3 is 1.80 bits per heavy atom. The third-order valence-corrected chi connectivity index (χ3v) is 4.96. The Bertz CT molecular complexity index is 827. The lowest BCUT2D eigenvalue weighted by atomic mass is 10.0. The SMILES string of the molecule is COCOC(CCC(=O)N(Cc1ccccc1)Cc1ccccc1)c1ccccc1. The number of hydrogen-bond acceptors (Lipinski definition) is 3. The maximum absolute atomic E-state index is 13.2. The van der Waals surface area contributed by atoms with Crippen molar-refractivity contribution in [2.24, 2.45) is 0 Å². The molecule has 0 saturated heterocycles. The minimum atomic E-state index is -0.176. The van der Waals surface area contributed by atoms with Gasteiger partial charge in [0.25, 0.3) is 0 Å². The molecular weight excluding hydrogens is 374 g/mol. The molecule has 0 fully saturated rings. The van der Waals surface area contributed by atoms with Crippen LogP contribution < -0.4 is 0 Å². The van der Waals surface area contributed by atoms with E-state index >= 15 is 0 Å². The average Bonchev–Trinajstić information content (AvgIpc) is 2.80. The molecule has 0 saturated carbocycles. The summed E-state index contributed by atoms with van der Waals surface area (Å²) in [6.45, 7) is 1.37. The summed E-state index contributed by atoms with van der Waals surface area (Å²) in [5.74, 6) is 0.115. The number of benzene rings is 3. The molecule has 1 unspecified atom stereocenters. The van der Waals surface area contributed by atoms with Gasteiger partial charge in [0, 0.05) is 26.6 Å². The normalized spacial score (nSPS) is 11.8. The van der Waals surface area contributed by atoms with Gasteiger partial charge in [0.05, 0.1) is 6.10 Å². The number of rotatable bonds is 11. The van der Waals surface area contributed by atoms with Crippen molar-refractivity contribution in [3.8, 4) is 0 Å². The zero-order chi connectivity index (χ0) is 21.0. The summed E-state index contributed by atoms with van der Waals surface area (Å²) in [4.78, 5) is 15.1. The molecule has 0 radical (unpaired) electrons. The van der Waals surface area contributed by atoms with Gasteiger partial charge in [-0.25, -0.2) is 0 Å². The Labute approximate surface area is 179 Å². The van der Waals surface area contributed by atoms with Crippen LogP contribution >= 0.6 is 0 Å². The number of ether oxygens (including phenoxy) is 2. The fourth-order valence-electron chi connectivity index (χ4n) is 3.42. The first-order chi connectivity index (χ1) is 14.8. The van der Waals surface area contributed by atoms with Crippen molar-refractivity contribution in [3.05, 3.63) is 108 Å². The Morgan fingerprint density at radius 2 is 1.30 bits per heavy atom. The zero-order valence-corrected chi connectivity index (χ0v) is 17.4. The highest BCUT2D eigenvalue weighted by molar-refractivity contribution is 5.76. The van der Waals surface area contributed by atoms with Crippen molar-refractivity contribution in [2.75, 3.05) is 13.9 Å². The van der Waals surface area contributed by atoms with E-state index in [2.05, 4.69) is 24.3 Å². The highest BCUT2D eigenvalue weighted by Gasteiger charge is 2.19. The average molecular weight is 404 g/mol. The lowest BCUT2D eigenvalue weighted by molar-refractivity contribution is -0.134. The lowest BCUT2D eigenvalue weighted by Gasteiger charge is -2.25. The second-order valence-corrected chi connectivity index (χ2v) is 7.23. The first kappa shape index (κ1) is 21.8. The van der Waals surface area contributed by atoms with E-state index in [1.807, 2.05) is 71.6 Å². The fraction of sp³-hybridized carbons (Fsp3) is 0.269. The third-order valence-electron chi connectivity index (χ3n) is 4.96. The standard InChI is InChI=1S/C26H29NO3/c1-29-21-30-25(24-15-9-4-10-16-24)17-18-26(28)27(19-22-11-5-2-6-12-22)20-23-13-7-3-8-14-23/h2-16,25H,17-21H2,1H3. The van der Waals surface area contributed by atoms with Gasteiger partial charge in [-0.1, -0.05) is 91.0 Å². The molecule has 0 aliphatic rings. The molecule has 0 aliphatic carbocycles. The van der Waals surface area contributed by atoms with Gasteiger partial charge >= 0.3 is 0 Å². The number of hydrogen-bond donors (Lipinski definition) is 0. The Kier molecular flexibility index (Phi) is 8.63. The van der Waals surface area contributed by atoms with Crippen LogP contribution in [0, 0.1) is 0 Å². The van der Waals surface area contributed by atoms with E-state index in [0.717, 1.165) is 16.7 Å². The van der Waals surface area contributed by atoms with Crippen molar-refractivity contribution in [3.63, 3.8) is 0 Å². The molecule has 1 atom stereocenters. The van der Waals surface area contributed by atoms with E-state index in [1.165, 1.54) is 0 Å². The van der Waals surface area contributed by atoms with Gasteiger partial charge in [0.2, 0.25) is 5.91 Å². The largest absolute Gasteiger partial charge is 0.359 e. The molecule has 0 spiro atoms. The number of methoxy groups -OCH3 is 1. The Hall–Kier alpha value is -2.95. The predicted octanol–water partition coefficient (Wildman–Crippen LogP) is 5.36. The summed E-state index contributed by atoms with van der Waals surface area (Å²) in [7, 11) is 1.61. The van der Waals surface area contributed by atoms with Crippen LogP contribution in [0.1, 0.15) is 35.6 Å². The molecule has 3 aromatic rings. The molecule has 0 bridgehead atoms. The zero-order valence-electron chi connectivity index (χ0n) is 17.4. The van der Waals surface area contributed by atoms with Crippen LogP contribution in [0.3, 0.4) is 0 Å². The van der Waals surface area contributed by atoms with Crippen LogP contribution in [-0.4, -0.2) is 24.7 Å². The summed E-state index contributed by atoms with van der Waals surface area (Å²) in [6.07, 6.45) is 0.834. The Balaban J connectivity index is 1.69. The summed E-state index contributed by atoms with van der Waals surface area (Å²) >= 11 is 0. The van der Waals surface area contributed by atoms with Gasteiger partial charge < -0.3 is 14.4 Å². The smallest absolute Gasteiger partial charge is 0.223 e. The van der Waals surface area contributed by atoms with E-state index in [4.69, 9.17) is 9.47 Å². The second kappa shape index (κ2) is 11.9. The van der Waals surface area contributed by atoms with Gasteiger partial charge in [0.1, 0.15) is 6.79 Å². The summed E-state index contributed by atoms with van der Waals surface area (Å²) in [6, 6.07) is 30.2. The van der Waals surface area contributed by atoms with E-state index < -0.39 is 0 Å². The highest BCUT2D eigenvalue weighted by Crippen LogP contribution is 2.24. The summed E-state index contributed by atoms with van der Waals surface area (Å²) in [5.41, 5.74) is 3.30. The maximum atomic E-state index is 13.2. The molecular formula is C26H29NO3. The highest BCUT2D eigenvalue weighted by atomic mass is 16.7. The van der Waals surface area contributed by atoms with Gasteiger partial charge in [0.15, 0.2) is 0 Å². The monoisotopic (exact) mass is 403 g/mol. The van der Waals surface area contributed by atoms with E-state index in [0.29, 0.717) is 25.9 Å². The number of nitrogens with zero attached hydrogens (tertiary/aromatic N) is 1. The maximum Gasteiger partial charge on any atom is 0.223 e. The topological polar surface area (TPSA) is 38.8 Å². The molecule has 30 heavy (non-hydrogen) atoms. The van der Waals surface area contributed by atoms with Crippen molar-refractivity contribution in [2.45, 2.75) is 32.0 Å². The van der Waals surface area contributed by atoms with Gasteiger partial charge in [-0.2, -0.15) is 0 Å². The minimum absolute atomic E-state index is 0.115. The molecule has 1 amide bonds. The van der Waals surface area contributed by atoms with Crippen molar-refractivity contribution >= 4 is 5.91 Å². The van der Waals surface area contributed by atoms with Crippen molar-refractivity contribution < 1.29 is 14.3 Å². The fourth-order valence-corrected chi connectivity index (χ4v) is 3.42. The third kappa shape index (κ3) is 6.83. The van der Waals surface area contributed by atoms with E-state index in [1.54, 1.807) is 7.11 Å². The molecule has 3 rings (SSSR count). The summed E-state index contributed by atoms with van der Waals surface area (Å²) in [5, 5.41) is 0. The van der Waals surface area contributed by atoms with Crippen LogP contribution in [0.5, 0.6) is 0 Å².